The third-order valence-electron chi connectivity index (χ3n) is 4.62. The molecule has 6 heteroatoms. The molecule has 1 fully saturated rings. The van der Waals surface area contributed by atoms with E-state index < -0.39 is 0 Å². The van der Waals surface area contributed by atoms with Crippen molar-refractivity contribution in [3.8, 4) is 6.07 Å². The Kier molecular flexibility index (Phi) is 5.13. The average molecular weight is 336 g/mol. The maximum absolute atomic E-state index is 9.45. The summed E-state index contributed by atoms with van der Waals surface area (Å²) in [4.78, 5) is 15.4. The second-order valence-electron chi connectivity index (χ2n) is 6.53. The smallest absolute Gasteiger partial charge is 0.132 e. The maximum atomic E-state index is 9.45. The van der Waals surface area contributed by atoms with E-state index in [0.717, 1.165) is 60.9 Å². The number of aryl methyl sites for hydroxylation is 3. The number of aromatic nitrogens is 3. The van der Waals surface area contributed by atoms with Gasteiger partial charge in [-0.25, -0.2) is 9.97 Å². The van der Waals surface area contributed by atoms with Crippen LogP contribution in [0.4, 0.5) is 11.5 Å². The van der Waals surface area contributed by atoms with Crippen LogP contribution >= 0.6 is 0 Å². The zero-order chi connectivity index (χ0) is 17.8. The van der Waals surface area contributed by atoms with E-state index in [0.29, 0.717) is 5.56 Å². The topological polar surface area (TPSA) is 77.7 Å². The Hall–Kier alpha value is -2.68. The van der Waals surface area contributed by atoms with Crippen LogP contribution in [0.2, 0.25) is 0 Å². The fourth-order valence-corrected chi connectivity index (χ4v) is 3.36. The van der Waals surface area contributed by atoms with E-state index in [1.54, 1.807) is 6.33 Å². The first-order chi connectivity index (χ1) is 12.1. The second kappa shape index (κ2) is 7.47. The van der Waals surface area contributed by atoms with E-state index in [-0.39, 0.29) is 6.04 Å². The highest BCUT2D eigenvalue weighted by Crippen LogP contribution is 2.24. The SMILES string of the molecule is CCc1cc(N2CCCC(Nc3cc(C)nc(C)c3C#N)C2)ncn1. The van der Waals surface area contributed by atoms with Gasteiger partial charge in [0.05, 0.1) is 16.9 Å². The molecule has 0 spiro atoms. The molecule has 0 radical (unpaired) electrons. The molecule has 1 aliphatic rings. The number of pyridine rings is 1. The lowest BCUT2D eigenvalue weighted by molar-refractivity contribution is 0.526. The van der Waals surface area contributed by atoms with Crippen LogP contribution in [0, 0.1) is 25.2 Å². The summed E-state index contributed by atoms with van der Waals surface area (Å²) in [5.41, 5.74) is 4.29. The van der Waals surface area contributed by atoms with Gasteiger partial charge in [0.25, 0.3) is 0 Å². The molecular weight excluding hydrogens is 312 g/mol. The molecule has 25 heavy (non-hydrogen) atoms. The summed E-state index contributed by atoms with van der Waals surface area (Å²) < 4.78 is 0. The first-order valence-corrected chi connectivity index (χ1v) is 8.81. The van der Waals surface area contributed by atoms with Gasteiger partial charge in [0, 0.05) is 36.6 Å². The lowest BCUT2D eigenvalue weighted by Gasteiger charge is -2.34. The Morgan fingerprint density at radius 2 is 2.16 bits per heavy atom. The minimum Gasteiger partial charge on any atom is -0.379 e. The average Bonchev–Trinajstić information content (AvgIpc) is 2.62. The monoisotopic (exact) mass is 336 g/mol. The fraction of sp³-hybridized carbons (Fsp3) is 0.474. The molecule has 3 heterocycles. The normalized spacial score (nSPS) is 17.2. The molecule has 1 N–H and O–H groups in total. The molecular formula is C19H24N6. The summed E-state index contributed by atoms with van der Waals surface area (Å²) in [6.07, 6.45) is 4.72. The number of rotatable bonds is 4. The van der Waals surface area contributed by atoms with Crippen LogP contribution in [0.5, 0.6) is 0 Å². The lowest BCUT2D eigenvalue weighted by Crippen LogP contribution is -2.42. The molecule has 6 nitrogen and oxygen atoms in total. The van der Waals surface area contributed by atoms with Gasteiger partial charge in [-0.2, -0.15) is 5.26 Å². The van der Waals surface area contributed by atoms with Crippen molar-refractivity contribution in [1.29, 1.82) is 5.26 Å². The van der Waals surface area contributed by atoms with Gasteiger partial charge in [0.2, 0.25) is 0 Å². The second-order valence-corrected chi connectivity index (χ2v) is 6.53. The quantitative estimate of drug-likeness (QED) is 0.925. The summed E-state index contributed by atoms with van der Waals surface area (Å²) >= 11 is 0. The summed E-state index contributed by atoms with van der Waals surface area (Å²) in [6, 6.07) is 6.60. The molecule has 1 saturated heterocycles. The molecule has 0 bridgehead atoms. The lowest BCUT2D eigenvalue weighted by atomic mass is 10.0. The highest BCUT2D eigenvalue weighted by molar-refractivity contribution is 5.60. The first kappa shape index (κ1) is 17.2. The van der Waals surface area contributed by atoms with E-state index in [1.165, 1.54) is 0 Å². The molecule has 0 aromatic carbocycles. The Morgan fingerprint density at radius 3 is 2.92 bits per heavy atom. The van der Waals surface area contributed by atoms with Crippen LogP contribution in [-0.2, 0) is 6.42 Å². The molecule has 2 aromatic rings. The number of nitrogens with one attached hydrogen (secondary N) is 1. The maximum Gasteiger partial charge on any atom is 0.132 e. The largest absolute Gasteiger partial charge is 0.379 e. The fourth-order valence-electron chi connectivity index (χ4n) is 3.36. The molecule has 1 atom stereocenters. The molecule has 0 amide bonds. The highest BCUT2D eigenvalue weighted by atomic mass is 15.2. The van der Waals surface area contributed by atoms with Crippen molar-refractivity contribution >= 4 is 11.5 Å². The van der Waals surface area contributed by atoms with Crippen molar-refractivity contribution in [1.82, 2.24) is 15.0 Å². The zero-order valence-corrected chi connectivity index (χ0v) is 15.1. The standard InChI is InChI=1S/C19H24N6/c1-4-15-9-19(22-12-21-15)25-7-5-6-16(11-25)24-18-8-13(2)23-14(3)17(18)10-20/h8-9,12,16H,4-7,11H2,1-3H3,(H,23,24). The van der Waals surface area contributed by atoms with Crippen molar-refractivity contribution < 1.29 is 0 Å². The van der Waals surface area contributed by atoms with E-state index in [9.17, 15) is 5.26 Å². The molecule has 0 aliphatic carbocycles. The summed E-state index contributed by atoms with van der Waals surface area (Å²) in [6.45, 7) is 7.81. The van der Waals surface area contributed by atoms with Crippen molar-refractivity contribution in [3.05, 3.63) is 41.1 Å². The van der Waals surface area contributed by atoms with E-state index in [1.807, 2.05) is 19.9 Å². The van der Waals surface area contributed by atoms with Gasteiger partial charge >= 0.3 is 0 Å². The number of piperidine rings is 1. The number of hydrogen-bond acceptors (Lipinski definition) is 6. The Bertz CT molecular complexity index is 795. The van der Waals surface area contributed by atoms with Gasteiger partial charge in [-0.05, 0) is 39.2 Å². The molecule has 2 aromatic heterocycles. The van der Waals surface area contributed by atoms with E-state index >= 15 is 0 Å². The van der Waals surface area contributed by atoms with Crippen LogP contribution in [-0.4, -0.2) is 34.1 Å². The summed E-state index contributed by atoms with van der Waals surface area (Å²) in [5, 5.41) is 13.0. The minimum absolute atomic E-state index is 0.280. The van der Waals surface area contributed by atoms with Gasteiger partial charge in [-0.3, -0.25) is 4.98 Å². The molecule has 1 unspecified atom stereocenters. The number of hydrogen-bond donors (Lipinski definition) is 1. The van der Waals surface area contributed by atoms with Gasteiger partial charge in [-0.15, -0.1) is 0 Å². The van der Waals surface area contributed by atoms with Crippen LogP contribution in [0.25, 0.3) is 0 Å². The number of nitriles is 1. The third kappa shape index (κ3) is 3.87. The van der Waals surface area contributed by atoms with E-state index in [4.69, 9.17) is 0 Å². The van der Waals surface area contributed by atoms with Gasteiger partial charge in [-0.1, -0.05) is 6.92 Å². The predicted molar refractivity (Wildman–Crippen MR) is 98.7 cm³/mol. The first-order valence-electron chi connectivity index (χ1n) is 8.81. The Morgan fingerprint density at radius 1 is 1.32 bits per heavy atom. The minimum atomic E-state index is 0.280. The van der Waals surface area contributed by atoms with Crippen LogP contribution in [0.1, 0.15) is 42.4 Å². The predicted octanol–water partition coefficient (Wildman–Crippen LogP) is 3.00. The number of anilines is 2. The molecule has 3 rings (SSSR count). The molecule has 130 valence electrons. The molecule has 1 aliphatic heterocycles. The zero-order valence-electron chi connectivity index (χ0n) is 15.1. The summed E-state index contributed by atoms with van der Waals surface area (Å²) in [5.74, 6) is 0.987. The van der Waals surface area contributed by atoms with Crippen molar-refractivity contribution in [3.63, 3.8) is 0 Å². The third-order valence-corrected chi connectivity index (χ3v) is 4.62. The van der Waals surface area contributed by atoms with Crippen LogP contribution < -0.4 is 10.2 Å². The Labute approximate surface area is 148 Å². The van der Waals surface area contributed by atoms with Gasteiger partial charge < -0.3 is 10.2 Å². The molecule has 0 saturated carbocycles. The van der Waals surface area contributed by atoms with Crippen LogP contribution in [0.3, 0.4) is 0 Å². The van der Waals surface area contributed by atoms with Gasteiger partial charge in [0.15, 0.2) is 0 Å². The van der Waals surface area contributed by atoms with Crippen LogP contribution in [0.15, 0.2) is 18.5 Å². The number of nitrogens with zero attached hydrogens (tertiary/aromatic N) is 5. The Balaban J connectivity index is 1.77. The van der Waals surface area contributed by atoms with E-state index in [2.05, 4.69) is 44.2 Å². The van der Waals surface area contributed by atoms with Crippen molar-refractivity contribution in [2.75, 3.05) is 23.3 Å². The summed E-state index contributed by atoms with van der Waals surface area (Å²) in [7, 11) is 0. The van der Waals surface area contributed by atoms with Gasteiger partial charge in [0.1, 0.15) is 18.2 Å². The van der Waals surface area contributed by atoms with Crippen molar-refractivity contribution in [2.24, 2.45) is 0 Å². The highest BCUT2D eigenvalue weighted by Gasteiger charge is 2.22. The van der Waals surface area contributed by atoms with Crippen molar-refractivity contribution in [2.45, 2.75) is 46.1 Å².